The molecule has 2 aromatic rings. The predicted molar refractivity (Wildman–Crippen MR) is 69.2 cm³/mol. The largest absolute Gasteiger partial charge is 0.233 e. The van der Waals surface area contributed by atoms with E-state index in [-0.39, 0.29) is 0 Å². The molecule has 0 bridgehead atoms. The number of aromatic nitrogens is 2. The summed E-state index contributed by atoms with van der Waals surface area (Å²) in [5.74, 6) is 0.741. The van der Waals surface area contributed by atoms with E-state index in [9.17, 15) is 0 Å². The van der Waals surface area contributed by atoms with Crippen LogP contribution in [0.2, 0.25) is 5.15 Å². The summed E-state index contributed by atoms with van der Waals surface area (Å²) in [7, 11) is 0. The van der Waals surface area contributed by atoms with Gasteiger partial charge in [-0.25, -0.2) is 9.97 Å². The molecule has 3 rings (SSSR count). The summed E-state index contributed by atoms with van der Waals surface area (Å²) in [5.41, 5.74) is 4.70. The SMILES string of the molecule is Cc1nc(Cl)c2c(n1)-c1ccccc1CCC2. The van der Waals surface area contributed by atoms with Crippen molar-refractivity contribution in [3.63, 3.8) is 0 Å². The first kappa shape index (κ1) is 10.7. The molecule has 0 N–H and O–H groups in total. The monoisotopic (exact) mass is 244 g/mol. The molecule has 0 spiro atoms. The van der Waals surface area contributed by atoms with Gasteiger partial charge in [-0.3, -0.25) is 0 Å². The van der Waals surface area contributed by atoms with Crippen LogP contribution in [0.5, 0.6) is 0 Å². The van der Waals surface area contributed by atoms with E-state index in [0.717, 1.165) is 36.3 Å². The summed E-state index contributed by atoms with van der Waals surface area (Å²) in [5, 5.41) is 0.615. The van der Waals surface area contributed by atoms with Crippen molar-refractivity contribution in [2.75, 3.05) is 0 Å². The van der Waals surface area contributed by atoms with Crippen molar-refractivity contribution in [1.29, 1.82) is 0 Å². The lowest BCUT2D eigenvalue weighted by Gasteiger charge is -2.09. The Hall–Kier alpha value is -1.41. The summed E-state index contributed by atoms with van der Waals surface area (Å²) < 4.78 is 0. The maximum Gasteiger partial charge on any atom is 0.136 e. The van der Waals surface area contributed by atoms with Crippen molar-refractivity contribution < 1.29 is 0 Å². The van der Waals surface area contributed by atoms with E-state index < -0.39 is 0 Å². The van der Waals surface area contributed by atoms with Crippen molar-refractivity contribution in [1.82, 2.24) is 9.97 Å². The van der Waals surface area contributed by atoms with Gasteiger partial charge in [-0.05, 0) is 31.7 Å². The molecule has 3 heteroatoms. The average molecular weight is 245 g/mol. The zero-order valence-electron chi connectivity index (χ0n) is 9.70. The van der Waals surface area contributed by atoms with Gasteiger partial charge < -0.3 is 0 Å². The highest BCUT2D eigenvalue weighted by Crippen LogP contribution is 2.33. The Kier molecular flexibility index (Phi) is 2.60. The molecule has 0 fully saturated rings. The molecule has 1 aliphatic rings. The first-order valence-electron chi connectivity index (χ1n) is 5.87. The molecule has 0 saturated heterocycles. The molecule has 86 valence electrons. The molecule has 0 amide bonds. The minimum absolute atomic E-state index is 0.615. The van der Waals surface area contributed by atoms with E-state index in [1.54, 1.807) is 0 Å². The quantitative estimate of drug-likeness (QED) is 0.662. The van der Waals surface area contributed by atoms with E-state index in [1.807, 2.05) is 6.92 Å². The van der Waals surface area contributed by atoms with Crippen LogP contribution < -0.4 is 0 Å². The summed E-state index contributed by atoms with van der Waals surface area (Å²) in [4.78, 5) is 8.84. The van der Waals surface area contributed by atoms with Crippen LogP contribution in [0.25, 0.3) is 11.3 Å². The molecule has 0 atom stereocenters. The van der Waals surface area contributed by atoms with Crippen molar-refractivity contribution in [2.24, 2.45) is 0 Å². The van der Waals surface area contributed by atoms with Gasteiger partial charge in [-0.15, -0.1) is 0 Å². The lowest BCUT2D eigenvalue weighted by atomic mass is 10.0. The zero-order valence-corrected chi connectivity index (χ0v) is 10.5. The van der Waals surface area contributed by atoms with Gasteiger partial charge in [-0.1, -0.05) is 35.9 Å². The van der Waals surface area contributed by atoms with Gasteiger partial charge in [0.2, 0.25) is 0 Å². The highest BCUT2D eigenvalue weighted by atomic mass is 35.5. The maximum atomic E-state index is 6.24. The number of benzene rings is 1. The first-order chi connectivity index (χ1) is 8.25. The number of aryl methyl sites for hydroxylation is 2. The molecular formula is C14H13ClN2. The normalized spacial score (nSPS) is 13.8. The second-order valence-corrected chi connectivity index (χ2v) is 4.76. The third kappa shape index (κ3) is 1.83. The Morgan fingerprint density at radius 2 is 1.94 bits per heavy atom. The standard InChI is InChI=1S/C14H13ClN2/c1-9-16-13-11-7-3-2-5-10(11)6-4-8-12(13)14(15)17-9/h2-3,5,7H,4,6,8H2,1H3. The molecular weight excluding hydrogens is 232 g/mol. The van der Waals surface area contributed by atoms with Crippen molar-refractivity contribution >= 4 is 11.6 Å². The molecule has 1 aromatic heterocycles. The Bertz CT molecular complexity index is 578. The number of rotatable bonds is 0. The molecule has 0 saturated carbocycles. The summed E-state index contributed by atoms with van der Waals surface area (Å²) in [6.07, 6.45) is 3.15. The van der Waals surface area contributed by atoms with E-state index >= 15 is 0 Å². The molecule has 1 heterocycles. The zero-order chi connectivity index (χ0) is 11.8. The van der Waals surface area contributed by atoms with E-state index in [0.29, 0.717) is 5.15 Å². The van der Waals surface area contributed by atoms with Crippen LogP contribution in [-0.4, -0.2) is 9.97 Å². The van der Waals surface area contributed by atoms with Crippen LogP contribution in [0, 0.1) is 6.92 Å². The van der Waals surface area contributed by atoms with Gasteiger partial charge in [-0.2, -0.15) is 0 Å². The van der Waals surface area contributed by atoms with Crippen LogP contribution in [0.1, 0.15) is 23.4 Å². The molecule has 1 aromatic carbocycles. The second-order valence-electron chi connectivity index (χ2n) is 4.40. The lowest BCUT2D eigenvalue weighted by molar-refractivity contribution is 0.827. The lowest BCUT2D eigenvalue weighted by Crippen LogP contribution is -1.99. The predicted octanol–water partition coefficient (Wildman–Crippen LogP) is 3.59. The fourth-order valence-electron chi connectivity index (χ4n) is 2.43. The van der Waals surface area contributed by atoms with Gasteiger partial charge in [0.05, 0.1) is 5.69 Å². The van der Waals surface area contributed by atoms with Crippen LogP contribution in [0.15, 0.2) is 24.3 Å². The number of hydrogen-bond donors (Lipinski definition) is 0. The number of fused-ring (bicyclic) bond motifs is 3. The van der Waals surface area contributed by atoms with Gasteiger partial charge in [0, 0.05) is 11.1 Å². The van der Waals surface area contributed by atoms with Crippen LogP contribution >= 0.6 is 11.6 Å². The Balaban J connectivity index is 2.32. The summed E-state index contributed by atoms with van der Waals surface area (Å²) >= 11 is 6.24. The van der Waals surface area contributed by atoms with Gasteiger partial charge in [0.25, 0.3) is 0 Å². The fraction of sp³-hybridized carbons (Fsp3) is 0.286. The number of hydrogen-bond acceptors (Lipinski definition) is 2. The first-order valence-corrected chi connectivity index (χ1v) is 6.25. The van der Waals surface area contributed by atoms with Gasteiger partial charge in [0.1, 0.15) is 11.0 Å². The Morgan fingerprint density at radius 3 is 2.82 bits per heavy atom. The third-order valence-corrected chi connectivity index (χ3v) is 3.53. The molecule has 2 nitrogen and oxygen atoms in total. The van der Waals surface area contributed by atoms with Crippen LogP contribution in [0.3, 0.4) is 0 Å². The highest BCUT2D eigenvalue weighted by molar-refractivity contribution is 6.30. The van der Waals surface area contributed by atoms with E-state index in [2.05, 4.69) is 34.2 Å². The average Bonchev–Trinajstić information content (AvgIpc) is 2.49. The minimum Gasteiger partial charge on any atom is -0.233 e. The topological polar surface area (TPSA) is 25.8 Å². The Morgan fingerprint density at radius 1 is 1.12 bits per heavy atom. The van der Waals surface area contributed by atoms with Crippen LogP contribution in [0.4, 0.5) is 0 Å². The smallest absolute Gasteiger partial charge is 0.136 e. The van der Waals surface area contributed by atoms with Gasteiger partial charge >= 0.3 is 0 Å². The van der Waals surface area contributed by atoms with Crippen molar-refractivity contribution in [2.45, 2.75) is 26.2 Å². The molecule has 0 aliphatic heterocycles. The van der Waals surface area contributed by atoms with Crippen molar-refractivity contribution in [3.8, 4) is 11.3 Å². The molecule has 17 heavy (non-hydrogen) atoms. The van der Waals surface area contributed by atoms with Crippen molar-refractivity contribution in [3.05, 3.63) is 46.4 Å². The molecule has 0 unspecified atom stereocenters. The summed E-state index contributed by atoms with van der Waals surface area (Å²) in [6.45, 7) is 1.89. The molecule has 1 aliphatic carbocycles. The number of nitrogens with zero attached hydrogens (tertiary/aromatic N) is 2. The van der Waals surface area contributed by atoms with Crippen LogP contribution in [-0.2, 0) is 12.8 Å². The Labute approximate surface area is 106 Å². The fourth-order valence-corrected chi connectivity index (χ4v) is 2.74. The highest BCUT2D eigenvalue weighted by Gasteiger charge is 2.18. The summed E-state index contributed by atoms with van der Waals surface area (Å²) in [6, 6.07) is 8.44. The van der Waals surface area contributed by atoms with E-state index in [1.165, 1.54) is 11.1 Å². The third-order valence-electron chi connectivity index (χ3n) is 3.21. The van der Waals surface area contributed by atoms with E-state index in [4.69, 9.17) is 11.6 Å². The maximum absolute atomic E-state index is 6.24. The van der Waals surface area contributed by atoms with Gasteiger partial charge in [0.15, 0.2) is 0 Å². The molecule has 0 radical (unpaired) electrons. The second kappa shape index (κ2) is 4.11. The minimum atomic E-state index is 0.615. The number of halogens is 1.